The van der Waals surface area contributed by atoms with Gasteiger partial charge in [-0.3, -0.25) is 4.79 Å². The third-order valence-electron chi connectivity index (χ3n) is 3.18. The van der Waals surface area contributed by atoms with Gasteiger partial charge >= 0.3 is 0 Å². The fraction of sp³-hybridized carbons (Fsp3) is 0.312. The van der Waals surface area contributed by atoms with Gasteiger partial charge in [0, 0.05) is 18.3 Å². The summed E-state index contributed by atoms with van der Waals surface area (Å²) in [5, 5.41) is 0.552. The lowest BCUT2D eigenvalue weighted by Gasteiger charge is -2.28. The van der Waals surface area contributed by atoms with Crippen molar-refractivity contribution in [1.82, 2.24) is 4.90 Å². The first-order chi connectivity index (χ1) is 10.0. The van der Waals surface area contributed by atoms with E-state index in [9.17, 15) is 4.79 Å². The quantitative estimate of drug-likeness (QED) is 0.601. The van der Waals surface area contributed by atoms with Crippen LogP contribution in [-0.4, -0.2) is 29.3 Å². The van der Waals surface area contributed by atoms with Crippen LogP contribution in [0.1, 0.15) is 18.9 Å². The summed E-state index contributed by atoms with van der Waals surface area (Å²) in [6, 6.07) is 5.44. The topological polar surface area (TPSA) is 29.5 Å². The van der Waals surface area contributed by atoms with Gasteiger partial charge in [-0.1, -0.05) is 39.5 Å². The van der Waals surface area contributed by atoms with Crippen LogP contribution in [0, 0.1) is 11.8 Å². The van der Waals surface area contributed by atoms with Crippen molar-refractivity contribution in [1.29, 1.82) is 0 Å². The van der Waals surface area contributed by atoms with Crippen LogP contribution in [0.2, 0.25) is 5.02 Å². The van der Waals surface area contributed by atoms with Crippen LogP contribution in [0.5, 0.6) is 5.75 Å². The van der Waals surface area contributed by atoms with E-state index in [1.54, 1.807) is 24.9 Å². The Bertz CT molecular complexity index is 645. The maximum atomic E-state index is 12.0. The van der Waals surface area contributed by atoms with E-state index >= 15 is 0 Å². The van der Waals surface area contributed by atoms with E-state index in [1.807, 2.05) is 18.2 Å². The largest absolute Gasteiger partial charge is 0.481 e. The van der Waals surface area contributed by atoms with Gasteiger partial charge < -0.3 is 9.64 Å². The van der Waals surface area contributed by atoms with Gasteiger partial charge in [-0.15, -0.1) is 5.92 Å². The highest BCUT2D eigenvalue weighted by Gasteiger charge is 2.27. The molecule has 0 aliphatic carbocycles. The van der Waals surface area contributed by atoms with E-state index in [2.05, 4.69) is 27.8 Å². The van der Waals surface area contributed by atoms with Gasteiger partial charge in [0.2, 0.25) is 5.91 Å². The zero-order valence-electron chi connectivity index (χ0n) is 11.8. The molecule has 1 aromatic carbocycles. The molecule has 3 nitrogen and oxygen atoms in total. The highest BCUT2D eigenvalue weighted by molar-refractivity contribution is 9.10. The van der Waals surface area contributed by atoms with Crippen molar-refractivity contribution in [2.75, 3.05) is 13.7 Å². The number of alkyl halides is 1. The Hall–Kier alpha value is -1.44. The Morgan fingerprint density at radius 3 is 2.95 bits per heavy atom. The summed E-state index contributed by atoms with van der Waals surface area (Å²) < 4.78 is 5.47. The van der Waals surface area contributed by atoms with Crippen molar-refractivity contribution < 1.29 is 9.53 Å². The minimum atomic E-state index is -0.166. The van der Waals surface area contributed by atoms with Crippen LogP contribution in [-0.2, 0) is 4.79 Å². The number of ether oxygens (including phenoxy) is 1. The summed E-state index contributed by atoms with van der Waals surface area (Å²) in [6.07, 6.45) is 2.66. The summed E-state index contributed by atoms with van der Waals surface area (Å²) in [5.41, 5.74) is 1.64. The smallest absolute Gasteiger partial charge is 0.240 e. The molecule has 0 aromatic heterocycles. The molecule has 1 heterocycles. The van der Waals surface area contributed by atoms with Crippen molar-refractivity contribution in [3.63, 3.8) is 0 Å². The first kappa shape index (κ1) is 15.9. The lowest BCUT2D eigenvalue weighted by atomic mass is 10.0. The second-order valence-corrected chi connectivity index (χ2v) is 6.06. The van der Waals surface area contributed by atoms with Crippen LogP contribution in [0.25, 0.3) is 5.70 Å². The fourth-order valence-corrected chi connectivity index (χ4v) is 2.82. The molecule has 21 heavy (non-hydrogen) atoms. The van der Waals surface area contributed by atoms with Gasteiger partial charge in [0.1, 0.15) is 12.4 Å². The number of rotatable bonds is 3. The van der Waals surface area contributed by atoms with Crippen LogP contribution in [0.15, 0.2) is 24.3 Å². The average Bonchev–Trinajstić information content (AvgIpc) is 2.46. The second kappa shape index (κ2) is 7.02. The van der Waals surface area contributed by atoms with E-state index in [0.29, 0.717) is 23.8 Å². The molecule has 0 saturated carbocycles. The van der Waals surface area contributed by atoms with Crippen molar-refractivity contribution in [3.05, 3.63) is 34.9 Å². The Balaban J connectivity index is 2.24. The van der Waals surface area contributed by atoms with Crippen LogP contribution < -0.4 is 4.74 Å². The number of hydrogen-bond donors (Lipinski definition) is 0. The zero-order valence-corrected chi connectivity index (χ0v) is 14.2. The number of carbonyl (C=O) groups excluding carboxylic acids is 1. The summed E-state index contributed by atoms with van der Waals surface area (Å²) in [7, 11) is 1.75. The highest BCUT2D eigenvalue weighted by Crippen LogP contribution is 2.33. The maximum Gasteiger partial charge on any atom is 0.240 e. The third kappa shape index (κ3) is 3.61. The summed E-state index contributed by atoms with van der Waals surface area (Å²) in [4.78, 5) is 13.5. The minimum absolute atomic E-state index is 0.0297. The fourth-order valence-electron chi connectivity index (χ4n) is 2.06. The van der Waals surface area contributed by atoms with Gasteiger partial charge in [-0.05, 0) is 31.5 Å². The van der Waals surface area contributed by atoms with Gasteiger partial charge in [0.25, 0.3) is 0 Å². The van der Waals surface area contributed by atoms with Crippen molar-refractivity contribution in [2.24, 2.45) is 0 Å². The van der Waals surface area contributed by atoms with Crippen LogP contribution in [0.4, 0.5) is 0 Å². The van der Waals surface area contributed by atoms with E-state index < -0.39 is 0 Å². The monoisotopic (exact) mass is 367 g/mol. The molecule has 1 aliphatic rings. The molecule has 1 atom stereocenters. The van der Waals surface area contributed by atoms with Crippen LogP contribution >= 0.6 is 27.5 Å². The molecular weight excluding hydrogens is 354 g/mol. The Morgan fingerprint density at radius 2 is 2.29 bits per heavy atom. The number of hydrogen-bond acceptors (Lipinski definition) is 2. The SMILES string of the molecule is CC#CCOc1ccc(C2=CCC(Br)C(=O)N2C)c(Cl)c1. The first-order valence-electron chi connectivity index (χ1n) is 6.48. The Labute approximate surface area is 138 Å². The van der Waals surface area contributed by atoms with Crippen molar-refractivity contribution in [2.45, 2.75) is 18.2 Å². The Morgan fingerprint density at radius 1 is 1.52 bits per heavy atom. The van der Waals surface area contributed by atoms with Gasteiger partial charge in [0.05, 0.1) is 9.85 Å². The molecule has 1 aliphatic heterocycles. The van der Waals surface area contributed by atoms with E-state index in [0.717, 1.165) is 11.3 Å². The first-order valence-corrected chi connectivity index (χ1v) is 7.78. The number of benzene rings is 1. The molecule has 0 spiro atoms. The lowest BCUT2D eigenvalue weighted by molar-refractivity contribution is -0.126. The molecule has 0 saturated heterocycles. The molecule has 1 amide bonds. The van der Waals surface area contributed by atoms with Gasteiger partial charge in [-0.2, -0.15) is 0 Å². The Kier molecular flexibility index (Phi) is 5.33. The number of halogens is 2. The van der Waals surface area contributed by atoms with E-state index in [4.69, 9.17) is 16.3 Å². The summed E-state index contributed by atoms with van der Waals surface area (Å²) in [6.45, 7) is 2.09. The van der Waals surface area contributed by atoms with E-state index in [-0.39, 0.29) is 10.7 Å². The van der Waals surface area contributed by atoms with Crippen molar-refractivity contribution >= 4 is 39.1 Å². The van der Waals surface area contributed by atoms with Crippen LogP contribution in [0.3, 0.4) is 0 Å². The second-order valence-electron chi connectivity index (χ2n) is 4.55. The predicted octanol–water partition coefficient (Wildman–Crippen LogP) is 3.71. The molecule has 0 radical (unpaired) electrons. The molecule has 0 N–H and O–H groups in total. The molecule has 2 rings (SSSR count). The highest BCUT2D eigenvalue weighted by atomic mass is 79.9. The number of allylic oxidation sites excluding steroid dienone is 1. The standard InChI is InChI=1S/C16H15BrClNO2/c1-3-4-9-21-11-5-6-12(14(18)10-11)15-8-7-13(17)16(20)19(15)2/h5-6,8,10,13H,7,9H2,1-2H3. The van der Waals surface area contributed by atoms with Gasteiger partial charge in [-0.25, -0.2) is 0 Å². The van der Waals surface area contributed by atoms with E-state index in [1.165, 1.54) is 0 Å². The molecule has 1 unspecified atom stereocenters. The van der Waals surface area contributed by atoms with Gasteiger partial charge in [0.15, 0.2) is 0 Å². The number of nitrogens with zero attached hydrogens (tertiary/aromatic N) is 1. The molecule has 0 fully saturated rings. The number of amides is 1. The predicted molar refractivity (Wildman–Crippen MR) is 88.5 cm³/mol. The normalized spacial score (nSPS) is 17.9. The molecular formula is C16H15BrClNO2. The lowest BCUT2D eigenvalue weighted by Crippen LogP contribution is -2.35. The maximum absolute atomic E-state index is 12.0. The third-order valence-corrected chi connectivity index (χ3v) is 4.26. The van der Waals surface area contributed by atoms with Crippen molar-refractivity contribution in [3.8, 4) is 17.6 Å². The summed E-state index contributed by atoms with van der Waals surface area (Å²) >= 11 is 9.68. The molecule has 0 bridgehead atoms. The summed E-state index contributed by atoms with van der Waals surface area (Å²) in [5.74, 6) is 6.28. The molecule has 5 heteroatoms. The number of carbonyl (C=O) groups is 1. The average molecular weight is 369 g/mol. The molecule has 110 valence electrons. The molecule has 1 aromatic rings. The zero-order chi connectivity index (χ0) is 15.4. The minimum Gasteiger partial charge on any atom is -0.481 e.